The molecule has 2 aromatic rings. The van der Waals surface area contributed by atoms with Crippen LogP contribution >= 0.6 is 0 Å². The Kier molecular flexibility index (Phi) is 5.29. The van der Waals surface area contributed by atoms with Crippen LogP contribution in [-0.2, 0) is 4.79 Å². The molecule has 2 aromatic heterocycles. The van der Waals surface area contributed by atoms with Crippen molar-refractivity contribution in [2.75, 3.05) is 44.6 Å². The maximum Gasteiger partial charge on any atom is 0.239 e. The molecule has 0 bridgehead atoms. The lowest BCUT2D eigenvalue weighted by Gasteiger charge is -2.34. The molecule has 8 nitrogen and oxygen atoms in total. The molecule has 1 amide bonds. The molecule has 0 spiro atoms. The molecular weight excluding hydrogens is 312 g/mol. The van der Waals surface area contributed by atoms with Crippen LogP contribution in [0.4, 0.5) is 5.82 Å². The average Bonchev–Trinajstić information content (AvgIpc) is 3.21. The molecule has 1 fully saturated rings. The number of carbonyl (C=O) groups is 1. The van der Waals surface area contributed by atoms with Crippen LogP contribution < -0.4 is 5.32 Å². The molecule has 0 aromatic carbocycles. The summed E-state index contributed by atoms with van der Waals surface area (Å²) in [4.78, 5) is 16.3. The van der Waals surface area contributed by atoms with E-state index in [9.17, 15) is 9.90 Å². The van der Waals surface area contributed by atoms with Crippen molar-refractivity contribution in [2.45, 2.75) is 13.0 Å². The number of nitrogens with one attached hydrogen (secondary N) is 1. The predicted molar refractivity (Wildman–Crippen MR) is 86.4 cm³/mol. The first kappa shape index (κ1) is 16.7. The molecule has 1 aliphatic heterocycles. The Morgan fingerprint density at radius 1 is 1.38 bits per heavy atom. The zero-order valence-corrected chi connectivity index (χ0v) is 13.6. The Hall–Kier alpha value is -2.16. The molecule has 8 heteroatoms. The molecule has 0 unspecified atom stereocenters. The topological polar surface area (TPSA) is 95.0 Å². The van der Waals surface area contributed by atoms with E-state index in [4.69, 9.17) is 8.94 Å². The third-order valence-electron chi connectivity index (χ3n) is 4.03. The van der Waals surface area contributed by atoms with Crippen LogP contribution in [0.3, 0.4) is 0 Å². The molecule has 3 heterocycles. The van der Waals surface area contributed by atoms with Gasteiger partial charge >= 0.3 is 0 Å². The Labute approximate surface area is 140 Å². The Balaban J connectivity index is 1.39. The highest BCUT2D eigenvalue weighted by molar-refractivity contribution is 5.91. The van der Waals surface area contributed by atoms with E-state index in [2.05, 4.69) is 20.3 Å². The van der Waals surface area contributed by atoms with Gasteiger partial charge in [-0.05, 0) is 19.1 Å². The second-order valence-electron chi connectivity index (χ2n) is 5.98. The van der Waals surface area contributed by atoms with Crippen LogP contribution in [0, 0.1) is 6.92 Å². The van der Waals surface area contributed by atoms with Gasteiger partial charge in [0.05, 0.1) is 12.8 Å². The molecule has 130 valence electrons. The predicted octanol–water partition coefficient (Wildman–Crippen LogP) is 0.866. The first-order chi connectivity index (χ1) is 11.6. The molecule has 0 radical (unpaired) electrons. The first-order valence-corrected chi connectivity index (χ1v) is 7.99. The molecule has 1 aliphatic rings. The van der Waals surface area contributed by atoms with Crippen molar-refractivity contribution in [2.24, 2.45) is 0 Å². The van der Waals surface area contributed by atoms with Crippen LogP contribution in [0.5, 0.6) is 0 Å². The Morgan fingerprint density at radius 2 is 2.12 bits per heavy atom. The number of furan rings is 1. The highest BCUT2D eigenvalue weighted by atomic mass is 16.5. The smallest absolute Gasteiger partial charge is 0.239 e. The van der Waals surface area contributed by atoms with Gasteiger partial charge in [0, 0.05) is 38.8 Å². The highest BCUT2D eigenvalue weighted by Crippen LogP contribution is 2.15. The number of aliphatic hydroxyl groups excluding tert-OH is 1. The minimum absolute atomic E-state index is 0.104. The fourth-order valence-corrected chi connectivity index (χ4v) is 2.76. The van der Waals surface area contributed by atoms with Crippen LogP contribution in [-0.4, -0.2) is 65.2 Å². The van der Waals surface area contributed by atoms with Gasteiger partial charge in [-0.15, -0.1) is 0 Å². The quantitative estimate of drug-likeness (QED) is 0.809. The lowest BCUT2D eigenvalue weighted by molar-refractivity contribution is -0.117. The van der Waals surface area contributed by atoms with E-state index in [1.165, 1.54) is 0 Å². The summed E-state index contributed by atoms with van der Waals surface area (Å²) in [6.45, 7) is 5.78. The summed E-state index contributed by atoms with van der Waals surface area (Å²) in [5.74, 6) is 1.58. The largest absolute Gasteiger partial charge is 0.467 e. The standard InChI is InChI=1S/C16H22N4O4/c1-12-9-15(18-24-12)17-16(22)11-20-6-4-19(5-7-20)10-13(21)14-3-2-8-23-14/h2-3,8-9,13,21H,4-7,10-11H2,1H3,(H,17,18,22)/t13-/m0/s1. The normalized spacial score (nSPS) is 17.8. The van der Waals surface area contributed by atoms with E-state index in [-0.39, 0.29) is 5.91 Å². The van der Waals surface area contributed by atoms with Gasteiger partial charge in [0.25, 0.3) is 0 Å². The van der Waals surface area contributed by atoms with Gasteiger partial charge in [-0.2, -0.15) is 0 Å². The summed E-state index contributed by atoms with van der Waals surface area (Å²) in [5.41, 5.74) is 0. The van der Waals surface area contributed by atoms with E-state index in [0.717, 1.165) is 26.2 Å². The van der Waals surface area contributed by atoms with E-state index in [1.807, 2.05) is 0 Å². The van der Waals surface area contributed by atoms with Crippen LogP contribution in [0.1, 0.15) is 17.6 Å². The van der Waals surface area contributed by atoms with E-state index < -0.39 is 6.10 Å². The summed E-state index contributed by atoms with van der Waals surface area (Å²) in [5, 5.41) is 16.6. The zero-order chi connectivity index (χ0) is 16.9. The van der Waals surface area contributed by atoms with Crippen molar-refractivity contribution < 1.29 is 18.8 Å². The molecular formula is C16H22N4O4. The second kappa shape index (κ2) is 7.61. The molecule has 0 saturated carbocycles. The summed E-state index contributed by atoms with van der Waals surface area (Å²) < 4.78 is 10.1. The van der Waals surface area contributed by atoms with Crippen LogP contribution in [0.2, 0.25) is 0 Å². The second-order valence-corrected chi connectivity index (χ2v) is 5.98. The maximum atomic E-state index is 12.0. The number of aliphatic hydroxyl groups is 1. The van der Waals surface area contributed by atoms with Gasteiger partial charge in [-0.25, -0.2) is 0 Å². The number of aryl methyl sites for hydroxylation is 1. The fraction of sp³-hybridized carbons (Fsp3) is 0.500. The summed E-state index contributed by atoms with van der Waals surface area (Å²) >= 11 is 0. The van der Waals surface area contributed by atoms with Crippen molar-refractivity contribution in [3.8, 4) is 0 Å². The number of carbonyl (C=O) groups excluding carboxylic acids is 1. The van der Waals surface area contributed by atoms with Crippen molar-refractivity contribution >= 4 is 11.7 Å². The zero-order valence-electron chi connectivity index (χ0n) is 13.6. The lowest BCUT2D eigenvalue weighted by atomic mass is 10.2. The minimum atomic E-state index is -0.620. The van der Waals surface area contributed by atoms with Crippen molar-refractivity contribution in [1.29, 1.82) is 0 Å². The van der Waals surface area contributed by atoms with E-state index in [1.54, 1.807) is 31.4 Å². The Morgan fingerprint density at radius 3 is 2.75 bits per heavy atom. The van der Waals surface area contributed by atoms with Gasteiger partial charge in [-0.3, -0.25) is 14.6 Å². The van der Waals surface area contributed by atoms with Crippen molar-refractivity contribution in [3.63, 3.8) is 0 Å². The number of piperazine rings is 1. The van der Waals surface area contributed by atoms with Crippen LogP contribution in [0.25, 0.3) is 0 Å². The number of amides is 1. The number of aromatic nitrogens is 1. The van der Waals surface area contributed by atoms with Crippen LogP contribution in [0.15, 0.2) is 33.4 Å². The highest BCUT2D eigenvalue weighted by Gasteiger charge is 2.22. The molecule has 3 rings (SSSR count). The monoisotopic (exact) mass is 334 g/mol. The number of rotatable bonds is 6. The fourth-order valence-electron chi connectivity index (χ4n) is 2.76. The van der Waals surface area contributed by atoms with Gasteiger partial charge in [0.1, 0.15) is 17.6 Å². The third-order valence-corrected chi connectivity index (χ3v) is 4.03. The van der Waals surface area contributed by atoms with E-state index in [0.29, 0.717) is 30.4 Å². The summed E-state index contributed by atoms with van der Waals surface area (Å²) in [6.07, 6.45) is 0.941. The molecule has 2 N–H and O–H groups in total. The van der Waals surface area contributed by atoms with Crippen molar-refractivity contribution in [3.05, 3.63) is 36.0 Å². The SMILES string of the molecule is Cc1cc(NC(=O)CN2CCN(C[C@H](O)c3ccco3)CC2)no1. The minimum Gasteiger partial charge on any atom is -0.467 e. The molecule has 1 atom stereocenters. The molecule has 0 aliphatic carbocycles. The number of anilines is 1. The lowest BCUT2D eigenvalue weighted by Crippen LogP contribution is -2.49. The number of nitrogens with zero attached hydrogens (tertiary/aromatic N) is 3. The average molecular weight is 334 g/mol. The van der Waals surface area contributed by atoms with Gasteiger partial charge in [0.2, 0.25) is 5.91 Å². The number of hydrogen-bond donors (Lipinski definition) is 2. The number of β-amino-alcohol motifs (C(OH)–C–C–N with tert-alkyl or cyclic N) is 1. The summed E-state index contributed by atoms with van der Waals surface area (Å²) in [7, 11) is 0. The molecule has 1 saturated heterocycles. The van der Waals surface area contributed by atoms with Gasteiger partial charge in [-0.1, -0.05) is 5.16 Å². The summed E-state index contributed by atoms with van der Waals surface area (Å²) in [6, 6.07) is 5.23. The van der Waals surface area contributed by atoms with E-state index >= 15 is 0 Å². The molecule has 24 heavy (non-hydrogen) atoms. The first-order valence-electron chi connectivity index (χ1n) is 7.99. The van der Waals surface area contributed by atoms with Gasteiger partial charge < -0.3 is 19.4 Å². The van der Waals surface area contributed by atoms with Gasteiger partial charge in [0.15, 0.2) is 5.82 Å². The Bertz CT molecular complexity index is 647. The maximum absolute atomic E-state index is 12.0. The van der Waals surface area contributed by atoms with Crippen molar-refractivity contribution in [1.82, 2.24) is 15.0 Å². The third kappa shape index (κ3) is 4.44. The number of hydrogen-bond acceptors (Lipinski definition) is 7.